The third kappa shape index (κ3) is 3.73. The highest BCUT2D eigenvalue weighted by molar-refractivity contribution is 6.39. The van der Waals surface area contributed by atoms with E-state index < -0.39 is 17.8 Å². The SMILES string of the molecule is Cc1cc(C)cc(N2C(=O)NC(=O)C(=Cc3cc(C)n(-c4ccc(F)cc4)c3C)C2=O)c1. The van der Waals surface area contributed by atoms with Gasteiger partial charge in [-0.2, -0.15) is 0 Å². The number of imide groups is 2. The molecule has 4 rings (SSSR count). The molecule has 1 saturated heterocycles. The van der Waals surface area contributed by atoms with Gasteiger partial charge in [0, 0.05) is 17.1 Å². The van der Waals surface area contributed by atoms with Crippen molar-refractivity contribution in [1.29, 1.82) is 0 Å². The number of amides is 4. The Labute approximate surface area is 185 Å². The summed E-state index contributed by atoms with van der Waals surface area (Å²) in [5.74, 6) is -1.76. The van der Waals surface area contributed by atoms with Gasteiger partial charge in [-0.1, -0.05) is 6.07 Å². The number of anilines is 1. The number of aromatic nitrogens is 1. The van der Waals surface area contributed by atoms with Crippen molar-refractivity contribution in [2.24, 2.45) is 0 Å². The molecule has 0 bridgehead atoms. The third-order valence-corrected chi connectivity index (χ3v) is 5.42. The third-order valence-electron chi connectivity index (χ3n) is 5.42. The molecule has 1 aliphatic heterocycles. The van der Waals surface area contributed by atoms with Crippen molar-refractivity contribution < 1.29 is 18.8 Å². The van der Waals surface area contributed by atoms with Crippen molar-refractivity contribution in [3.8, 4) is 5.69 Å². The fraction of sp³-hybridized carbons (Fsp3) is 0.160. The molecular weight excluding hydrogens is 409 g/mol. The van der Waals surface area contributed by atoms with E-state index in [1.54, 1.807) is 24.3 Å². The number of nitrogens with one attached hydrogen (secondary N) is 1. The van der Waals surface area contributed by atoms with E-state index in [1.165, 1.54) is 18.2 Å². The first-order valence-electron chi connectivity index (χ1n) is 10.1. The van der Waals surface area contributed by atoms with E-state index in [-0.39, 0.29) is 11.4 Å². The predicted molar refractivity (Wildman–Crippen MR) is 120 cm³/mol. The van der Waals surface area contributed by atoms with E-state index in [0.29, 0.717) is 11.3 Å². The Balaban J connectivity index is 1.77. The number of rotatable bonds is 3. The van der Waals surface area contributed by atoms with Gasteiger partial charge in [0.2, 0.25) is 0 Å². The molecule has 162 valence electrons. The zero-order chi connectivity index (χ0) is 23.2. The number of hydrogen-bond acceptors (Lipinski definition) is 3. The molecular formula is C25H22FN3O3. The average molecular weight is 431 g/mol. The molecule has 3 aromatic rings. The number of hydrogen-bond donors (Lipinski definition) is 1. The van der Waals surface area contributed by atoms with Crippen LogP contribution in [-0.2, 0) is 9.59 Å². The second kappa shape index (κ2) is 7.92. The van der Waals surface area contributed by atoms with Crippen LogP contribution in [-0.4, -0.2) is 22.4 Å². The number of aryl methyl sites for hydroxylation is 3. The molecule has 0 saturated carbocycles. The zero-order valence-corrected chi connectivity index (χ0v) is 18.2. The van der Waals surface area contributed by atoms with Crippen LogP contribution in [0.4, 0.5) is 14.9 Å². The Morgan fingerprint density at radius 2 is 1.47 bits per heavy atom. The zero-order valence-electron chi connectivity index (χ0n) is 18.2. The molecule has 0 radical (unpaired) electrons. The topological polar surface area (TPSA) is 71.4 Å². The van der Waals surface area contributed by atoms with Crippen molar-refractivity contribution in [3.05, 3.63) is 88.0 Å². The Morgan fingerprint density at radius 1 is 0.844 bits per heavy atom. The summed E-state index contributed by atoms with van der Waals surface area (Å²) < 4.78 is 15.2. The number of carbonyl (C=O) groups excluding carboxylic acids is 3. The van der Waals surface area contributed by atoms with E-state index in [1.807, 2.05) is 44.4 Å². The van der Waals surface area contributed by atoms with E-state index in [2.05, 4.69) is 5.32 Å². The number of carbonyl (C=O) groups is 3. The number of urea groups is 1. The Kier molecular flexibility index (Phi) is 5.26. The summed E-state index contributed by atoms with van der Waals surface area (Å²) in [7, 11) is 0. The summed E-state index contributed by atoms with van der Waals surface area (Å²) in [6.45, 7) is 7.47. The van der Waals surface area contributed by atoms with E-state index in [4.69, 9.17) is 0 Å². The molecule has 0 atom stereocenters. The normalized spacial score (nSPS) is 15.5. The van der Waals surface area contributed by atoms with Gasteiger partial charge in [-0.15, -0.1) is 0 Å². The van der Waals surface area contributed by atoms with Gasteiger partial charge in [0.05, 0.1) is 5.69 Å². The molecule has 0 aliphatic carbocycles. The smallest absolute Gasteiger partial charge is 0.318 e. The molecule has 4 amide bonds. The molecule has 2 aromatic carbocycles. The first-order valence-corrected chi connectivity index (χ1v) is 10.1. The molecule has 1 aromatic heterocycles. The monoisotopic (exact) mass is 431 g/mol. The van der Waals surface area contributed by atoms with Crippen molar-refractivity contribution in [2.75, 3.05) is 4.90 Å². The van der Waals surface area contributed by atoms with Crippen LogP contribution in [0.25, 0.3) is 11.8 Å². The van der Waals surface area contributed by atoms with Gasteiger partial charge in [-0.3, -0.25) is 14.9 Å². The Hall–Kier alpha value is -4.00. The molecule has 7 heteroatoms. The lowest BCUT2D eigenvalue weighted by molar-refractivity contribution is -0.122. The quantitative estimate of drug-likeness (QED) is 0.490. The summed E-state index contributed by atoms with van der Waals surface area (Å²) in [5, 5.41) is 2.26. The average Bonchev–Trinajstić information content (AvgIpc) is 2.98. The molecule has 0 unspecified atom stereocenters. The van der Waals surface area contributed by atoms with E-state index >= 15 is 0 Å². The highest BCUT2D eigenvalue weighted by atomic mass is 19.1. The minimum atomic E-state index is -0.779. The van der Waals surface area contributed by atoms with Gasteiger partial charge in [0.1, 0.15) is 11.4 Å². The molecule has 32 heavy (non-hydrogen) atoms. The van der Waals surface area contributed by atoms with Crippen LogP contribution in [0.15, 0.2) is 54.1 Å². The lowest BCUT2D eigenvalue weighted by atomic mass is 10.1. The number of halogens is 1. The van der Waals surface area contributed by atoms with Crippen LogP contribution in [0.3, 0.4) is 0 Å². The summed E-state index contributed by atoms with van der Waals surface area (Å²) >= 11 is 0. The van der Waals surface area contributed by atoms with E-state index in [9.17, 15) is 18.8 Å². The standard InChI is InChI=1S/C25H22FN3O3/c1-14-9-15(2)11-21(10-14)29-24(31)22(23(30)27-25(29)32)13-18-12-16(3)28(17(18)4)20-7-5-19(26)6-8-20/h5-13H,1-4H3,(H,27,30,32). The lowest BCUT2D eigenvalue weighted by Gasteiger charge is -2.27. The highest BCUT2D eigenvalue weighted by Gasteiger charge is 2.37. The number of barbiturate groups is 1. The molecule has 0 spiro atoms. The van der Waals surface area contributed by atoms with Crippen LogP contribution in [0.1, 0.15) is 28.1 Å². The molecule has 6 nitrogen and oxygen atoms in total. The van der Waals surface area contributed by atoms with Gasteiger partial charge in [-0.25, -0.2) is 14.1 Å². The Bertz CT molecular complexity index is 1280. The summed E-state index contributed by atoms with van der Waals surface area (Å²) in [5.41, 5.74) is 5.10. The van der Waals surface area contributed by atoms with Gasteiger partial charge in [0.25, 0.3) is 11.8 Å². The van der Waals surface area contributed by atoms with Gasteiger partial charge in [-0.05, 0) is 92.9 Å². The summed E-state index contributed by atoms with van der Waals surface area (Å²) in [6, 6.07) is 12.5. The minimum absolute atomic E-state index is 0.136. The maximum absolute atomic E-state index is 13.3. The van der Waals surface area contributed by atoms with Crippen LogP contribution in [0, 0.1) is 33.5 Å². The first-order chi connectivity index (χ1) is 15.2. The fourth-order valence-electron chi connectivity index (χ4n) is 4.05. The van der Waals surface area contributed by atoms with Gasteiger partial charge in [0.15, 0.2) is 0 Å². The van der Waals surface area contributed by atoms with Crippen LogP contribution in [0.2, 0.25) is 0 Å². The fourth-order valence-corrected chi connectivity index (χ4v) is 4.05. The van der Waals surface area contributed by atoms with Crippen LogP contribution >= 0.6 is 0 Å². The maximum Gasteiger partial charge on any atom is 0.335 e. The van der Waals surface area contributed by atoms with Crippen molar-refractivity contribution in [2.45, 2.75) is 27.7 Å². The minimum Gasteiger partial charge on any atom is -0.318 e. The molecule has 2 heterocycles. The second-order valence-corrected chi connectivity index (χ2v) is 7.94. The van der Waals surface area contributed by atoms with Gasteiger partial charge >= 0.3 is 6.03 Å². The van der Waals surface area contributed by atoms with Crippen molar-refractivity contribution in [3.63, 3.8) is 0 Å². The summed E-state index contributed by atoms with van der Waals surface area (Å²) in [6.07, 6.45) is 1.49. The largest absolute Gasteiger partial charge is 0.335 e. The van der Waals surface area contributed by atoms with Crippen LogP contribution < -0.4 is 10.2 Å². The molecule has 1 N–H and O–H groups in total. The maximum atomic E-state index is 13.3. The number of benzene rings is 2. The first kappa shape index (κ1) is 21.2. The van der Waals surface area contributed by atoms with Crippen molar-refractivity contribution >= 4 is 29.6 Å². The number of nitrogens with zero attached hydrogens (tertiary/aromatic N) is 2. The Morgan fingerprint density at radius 3 is 2.09 bits per heavy atom. The lowest BCUT2D eigenvalue weighted by Crippen LogP contribution is -2.54. The van der Waals surface area contributed by atoms with Crippen LogP contribution in [0.5, 0.6) is 0 Å². The second-order valence-electron chi connectivity index (χ2n) is 7.94. The summed E-state index contributed by atoms with van der Waals surface area (Å²) in [4.78, 5) is 39.2. The van der Waals surface area contributed by atoms with E-state index in [0.717, 1.165) is 33.1 Å². The highest BCUT2D eigenvalue weighted by Crippen LogP contribution is 2.27. The molecule has 1 aliphatic rings. The molecule has 1 fully saturated rings. The predicted octanol–water partition coefficient (Wildman–Crippen LogP) is 4.52. The van der Waals surface area contributed by atoms with Crippen molar-refractivity contribution in [1.82, 2.24) is 9.88 Å². The van der Waals surface area contributed by atoms with Gasteiger partial charge < -0.3 is 4.57 Å².